The predicted molar refractivity (Wildman–Crippen MR) is 90.4 cm³/mol. The smallest absolute Gasteiger partial charge is 0.337 e. The van der Waals surface area contributed by atoms with Gasteiger partial charge in [-0.15, -0.1) is 10.2 Å². The SMILES string of the molecule is COC(=O)c1ccc(Nc2ccc(NC(=O)NC(C)C)nn2)cc1. The Morgan fingerprint density at radius 1 is 1.00 bits per heavy atom. The molecule has 8 heteroatoms. The van der Waals surface area contributed by atoms with Crippen molar-refractivity contribution in [3.8, 4) is 0 Å². The van der Waals surface area contributed by atoms with Crippen LogP contribution in [0.2, 0.25) is 0 Å². The molecule has 0 aliphatic heterocycles. The number of urea groups is 1. The standard InChI is InChI=1S/C16H19N5O3/c1-10(2)17-16(23)19-14-9-8-13(20-21-14)18-12-6-4-11(5-7-12)15(22)24-3/h4-10H,1-3H3,(H,18,20)(H2,17,19,21,23). The molecule has 0 atom stereocenters. The summed E-state index contributed by atoms with van der Waals surface area (Å²) in [6.45, 7) is 3.73. The summed E-state index contributed by atoms with van der Waals surface area (Å²) in [5.74, 6) is 0.465. The number of amides is 2. The number of rotatable bonds is 5. The van der Waals surface area contributed by atoms with Crippen molar-refractivity contribution in [3.05, 3.63) is 42.0 Å². The number of carbonyl (C=O) groups excluding carboxylic acids is 2. The molecule has 1 aromatic heterocycles. The van der Waals surface area contributed by atoms with Gasteiger partial charge in [0.25, 0.3) is 0 Å². The average molecular weight is 329 g/mol. The van der Waals surface area contributed by atoms with Crippen molar-refractivity contribution in [2.75, 3.05) is 17.7 Å². The fraction of sp³-hybridized carbons (Fsp3) is 0.250. The first-order chi connectivity index (χ1) is 11.5. The van der Waals surface area contributed by atoms with Crippen molar-refractivity contribution in [2.24, 2.45) is 0 Å². The number of benzene rings is 1. The molecule has 24 heavy (non-hydrogen) atoms. The van der Waals surface area contributed by atoms with Crippen LogP contribution < -0.4 is 16.0 Å². The fourth-order valence-corrected chi connectivity index (χ4v) is 1.84. The number of carbonyl (C=O) groups is 2. The highest BCUT2D eigenvalue weighted by molar-refractivity contribution is 5.90. The largest absolute Gasteiger partial charge is 0.465 e. The maximum absolute atomic E-state index is 11.6. The molecular weight excluding hydrogens is 310 g/mol. The van der Waals surface area contributed by atoms with Gasteiger partial charge in [-0.3, -0.25) is 5.32 Å². The summed E-state index contributed by atoms with van der Waals surface area (Å²) in [5.41, 5.74) is 1.21. The third-order valence-electron chi connectivity index (χ3n) is 2.90. The molecule has 1 heterocycles. The highest BCUT2D eigenvalue weighted by atomic mass is 16.5. The number of anilines is 3. The van der Waals surface area contributed by atoms with Crippen LogP contribution in [0.4, 0.5) is 22.1 Å². The first kappa shape index (κ1) is 17.2. The molecule has 126 valence electrons. The van der Waals surface area contributed by atoms with Crippen molar-refractivity contribution < 1.29 is 14.3 Å². The van der Waals surface area contributed by atoms with Crippen molar-refractivity contribution in [1.82, 2.24) is 15.5 Å². The second kappa shape index (κ2) is 7.91. The molecule has 0 radical (unpaired) electrons. The van der Waals surface area contributed by atoms with E-state index in [2.05, 4.69) is 30.9 Å². The van der Waals surface area contributed by atoms with Gasteiger partial charge in [-0.25, -0.2) is 9.59 Å². The molecule has 2 amide bonds. The van der Waals surface area contributed by atoms with Crippen LogP contribution in [0.25, 0.3) is 0 Å². The number of hydrogen-bond acceptors (Lipinski definition) is 6. The minimum atomic E-state index is -0.392. The molecule has 3 N–H and O–H groups in total. The van der Waals surface area contributed by atoms with E-state index in [4.69, 9.17) is 0 Å². The molecule has 2 rings (SSSR count). The van der Waals surface area contributed by atoms with Crippen molar-refractivity contribution in [3.63, 3.8) is 0 Å². The van der Waals surface area contributed by atoms with E-state index >= 15 is 0 Å². The van der Waals surface area contributed by atoms with E-state index in [1.807, 2.05) is 13.8 Å². The molecule has 8 nitrogen and oxygen atoms in total. The van der Waals surface area contributed by atoms with Gasteiger partial charge in [-0.1, -0.05) is 0 Å². The summed E-state index contributed by atoms with van der Waals surface area (Å²) in [6.07, 6.45) is 0. The Morgan fingerprint density at radius 3 is 2.17 bits per heavy atom. The van der Waals surface area contributed by atoms with Crippen LogP contribution >= 0.6 is 0 Å². The number of methoxy groups -OCH3 is 1. The van der Waals surface area contributed by atoms with Gasteiger partial charge >= 0.3 is 12.0 Å². The van der Waals surface area contributed by atoms with Gasteiger partial charge in [0, 0.05) is 11.7 Å². The Hall–Kier alpha value is -3.16. The lowest BCUT2D eigenvalue weighted by Gasteiger charge is -2.10. The summed E-state index contributed by atoms with van der Waals surface area (Å²) in [5, 5.41) is 16.2. The van der Waals surface area contributed by atoms with Crippen LogP contribution in [0.1, 0.15) is 24.2 Å². The monoisotopic (exact) mass is 329 g/mol. The molecule has 0 saturated heterocycles. The lowest BCUT2D eigenvalue weighted by molar-refractivity contribution is 0.0600. The molecule has 0 aliphatic carbocycles. The number of esters is 1. The van der Waals surface area contributed by atoms with Gasteiger partial charge in [-0.05, 0) is 50.2 Å². The molecule has 0 spiro atoms. The molecule has 0 saturated carbocycles. The average Bonchev–Trinajstić information content (AvgIpc) is 2.56. The van der Waals surface area contributed by atoms with E-state index in [0.717, 1.165) is 5.69 Å². The van der Waals surface area contributed by atoms with E-state index < -0.39 is 5.97 Å². The van der Waals surface area contributed by atoms with Crippen LogP contribution in [0.15, 0.2) is 36.4 Å². The van der Waals surface area contributed by atoms with E-state index in [9.17, 15) is 9.59 Å². The molecular formula is C16H19N5O3. The number of aromatic nitrogens is 2. The lowest BCUT2D eigenvalue weighted by atomic mass is 10.2. The molecule has 0 bridgehead atoms. The van der Waals surface area contributed by atoms with E-state index in [0.29, 0.717) is 17.2 Å². The Morgan fingerprint density at radius 2 is 1.62 bits per heavy atom. The van der Waals surface area contributed by atoms with Crippen LogP contribution in [-0.4, -0.2) is 35.3 Å². The minimum Gasteiger partial charge on any atom is -0.465 e. The van der Waals surface area contributed by atoms with Crippen molar-refractivity contribution in [1.29, 1.82) is 0 Å². The first-order valence-corrected chi connectivity index (χ1v) is 7.34. The number of nitrogens with one attached hydrogen (secondary N) is 3. The molecule has 1 aromatic carbocycles. The van der Waals surface area contributed by atoms with Gasteiger partial charge in [0.05, 0.1) is 12.7 Å². The van der Waals surface area contributed by atoms with Crippen LogP contribution in [-0.2, 0) is 4.74 Å². The van der Waals surface area contributed by atoms with Gasteiger partial charge in [-0.2, -0.15) is 0 Å². The number of nitrogens with zero attached hydrogens (tertiary/aromatic N) is 2. The fourth-order valence-electron chi connectivity index (χ4n) is 1.84. The van der Waals surface area contributed by atoms with Gasteiger partial charge in [0.2, 0.25) is 0 Å². The van der Waals surface area contributed by atoms with Gasteiger partial charge < -0.3 is 15.4 Å². The minimum absolute atomic E-state index is 0.0341. The van der Waals surface area contributed by atoms with E-state index in [1.54, 1.807) is 36.4 Å². The second-order valence-corrected chi connectivity index (χ2v) is 5.25. The van der Waals surface area contributed by atoms with E-state index in [-0.39, 0.29) is 12.1 Å². The topological polar surface area (TPSA) is 105 Å². The summed E-state index contributed by atoms with van der Waals surface area (Å²) in [7, 11) is 1.33. The first-order valence-electron chi connectivity index (χ1n) is 7.34. The molecule has 0 fully saturated rings. The highest BCUT2D eigenvalue weighted by Gasteiger charge is 2.06. The molecule has 2 aromatic rings. The van der Waals surface area contributed by atoms with Gasteiger partial charge in [0.15, 0.2) is 11.6 Å². The maximum atomic E-state index is 11.6. The zero-order valence-corrected chi connectivity index (χ0v) is 13.7. The third-order valence-corrected chi connectivity index (χ3v) is 2.90. The Bertz CT molecular complexity index is 699. The molecule has 0 unspecified atom stereocenters. The summed E-state index contributed by atoms with van der Waals surface area (Å²) in [4.78, 5) is 22.9. The predicted octanol–water partition coefficient (Wildman–Crippen LogP) is 2.54. The zero-order valence-electron chi connectivity index (χ0n) is 13.7. The van der Waals surface area contributed by atoms with E-state index in [1.165, 1.54) is 7.11 Å². The van der Waals surface area contributed by atoms with Crippen molar-refractivity contribution in [2.45, 2.75) is 19.9 Å². The summed E-state index contributed by atoms with van der Waals surface area (Å²) in [6, 6.07) is 9.78. The van der Waals surface area contributed by atoms with Crippen LogP contribution in [0.5, 0.6) is 0 Å². The quantitative estimate of drug-likeness (QED) is 0.728. The lowest BCUT2D eigenvalue weighted by Crippen LogP contribution is -2.34. The highest BCUT2D eigenvalue weighted by Crippen LogP contribution is 2.16. The maximum Gasteiger partial charge on any atom is 0.337 e. The Kier molecular flexibility index (Phi) is 5.67. The normalized spacial score (nSPS) is 10.2. The third kappa shape index (κ3) is 4.94. The van der Waals surface area contributed by atoms with Crippen LogP contribution in [0.3, 0.4) is 0 Å². The molecule has 0 aliphatic rings. The Balaban J connectivity index is 1.96. The van der Waals surface area contributed by atoms with Gasteiger partial charge in [0.1, 0.15) is 0 Å². The van der Waals surface area contributed by atoms with Crippen molar-refractivity contribution >= 4 is 29.3 Å². The zero-order chi connectivity index (χ0) is 17.5. The Labute approximate surface area is 139 Å². The second-order valence-electron chi connectivity index (χ2n) is 5.25. The van der Waals surface area contributed by atoms with Crippen LogP contribution in [0, 0.1) is 0 Å². The number of hydrogen-bond donors (Lipinski definition) is 3. The summed E-state index contributed by atoms with van der Waals surface area (Å²) >= 11 is 0. The summed E-state index contributed by atoms with van der Waals surface area (Å²) < 4.78 is 4.64. The number of ether oxygens (including phenoxy) is 1.